The van der Waals surface area contributed by atoms with Crippen molar-refractivity contribution in [2.24, 2.45) is 0 Å². The highest BCUT2D eigenvalue weighted by Gasteiger charge is 2.29. The molecule has 0 amide bonds. The molecule has 0 saturated carbocycles. The van der Waals surface area contributed by atoms with Crippen molar-refractivity contribution in [3.63, 3.8) is 0 Å². The maximum absolute atomic E-state index is 13.7. The summed E-state index contributed by atoms with van der Waals surface area (Å²) in [6, 6.07) is 9.24. The number of aromatic amines is 1. The number of rotatable bonds is 7. The SMILES string of the molecule is COc1ccccc1N(C)S(=O)(=O)c1cc(-n2c(=O)[nH]c3c(OC)ncnc32)c(Cl)cc1OC. The Labute approximate surface area is 199 Å². The fraction of sp³-hybridized carbons (Fsp3) is 0.190. The molecule has 0 spiro atoms. The van der Waals surface area contributed by atoms with Crippen LogP contribution in [-0.4, -0.2) is 56.3 Å². The average Bonchev–Trinajstić information content (AvgIpc) is 3.18. The molecule has 4 aromatic rings. The molecule has 0 radical (unpaired) electrons. The van der Waals surface area contributed by atoms with Crippen LogP contribution in [0.4, 0.5) is 5.69 Å². The van der Waals surface area contributed by atoms with Crippen LogP contribution in [0.15, 0.2) is 52.4 Å². The Morgan fingerprint density at radius 3 is 2.41 bits per heavy atom. The van der Waals surface area contributed by atoms with E-state index in [2.05, 4.69) is 15.0 Å². The number of anilines is 1. The molecular weight excluding hydrogens is 486 g/mol. The van der Waals surface area contributed by atoms with Gasteiger partial charge in [-0.25, -0.2) is 22.8 Å². The number of aromatic nitrogens is 4. The van der Waals surface area contributed by atoms with Gasteiger partial charge in [-0.2, -0.15) is 4.98 Å². The Bertz CT molecular complexity index is 1550. The van der Waals surface area contributed by atoms with Crippen LogP contribution in [0.25, 0.3) is 16.9 Å². The van der Waals surface area contributed by atoms with Crippen molar-refractivity contribution in [3.05, 3.63) is 58.2 Å². The first-order chi connectivity index (χ1) is 16.2. The molecule has 1 N–H and O–H groups in total. The Morgan fingerprint density at radius 2 is 1.74 bits per heavy atom. The zero-order chi connectivity index (χ0) is 24.6. The molecule has 11 nitrogen and oxygen atoms in total. The highest BCUT2D eigenvalue weighted by molar-refractivity contribution is 7.93. The van der Waals surface area contributed by atoms with E-state index in [1.165, 1.54) is 46.8 Å². The summed E-state index contributed by atoms with van der Waals surface area (Å²) in [5.74, 6) is 0.503. The number of sulfonamides is 1. The number of H-pyrrole nitrogens is 1. The highest BCUT2D eigenvalue weighted by atomic mass is 35.5. The molecule has 0 fully saturated rings. The number of benzene rings is 2. The Morgan fingerprint density at radius 1 is 1.03 bits per heavy atom. The zero-order valence-electron chi connectivity index (χ0n) is 18.6. The van der Waals surface area contributed by atoms with Crippen molar-refractivity contribution in [2.75, 3.05) is 32.7 Å². The Balaban J connectivity index is 1.96. The van der Waals surface area contributed by atoms with Crippen molar-refractivity contribution in [1.29, 1.82) is 0 Å². The first-order valence-corrected chi connectivity index (χ1v) is 11.6. The van der Waals surface area contributed by atoms with Gasteiger partial charge in [0.25, 0.3) is 10.0 Å². The fourth-order valence-electron chi connectivity index (χ4n) is 3.50. The van der Waals surface area contributed by atoms with Gasteiger partial charge in [-0.1, -0.05) is 23.7 Å². The second-order valence-corrected chi connectivity index (χ2v) is 9.29. The number of fused-ring (bicyclic) bond motifs is 1. The van der Waals surface area contributed by atoms with Crippen LogP contribution in [-0.2, 0) is 10.0 Å². The van der Waals surface area contributed by atoms with Crippen molar-refractivity contribution < 1.29 is 22.6 Å². The molecule has 34 heavy (non-hydrogen) atoms. The van der Waals surface area contributed by atoms with Crippen LogP contribution in [0.2, 0.25) is 5.02 Å². The van der Waals surface area contributed by atoms with Gasteiger partial charge in [-0.05, 0) is 18.2 Å². The summed E-state index contributed by atoms with van der Waals surface area (Å²) in [5, 5.41) is 0.0660. The molecule has 0 atom stereocenters. The molecule has 0 unspecified atom stereocenters. The summed E-state index contributed by atoms with van der Waals surface area (Å²) in [6.45, 7) is 0. The number of ether oxygens (including phenoxy) is 3. The maximum atomic E-state index is 13.7. The van der Waals surface area contributed by atoms with E-state index in [1.807, 2.05) is 0 Å². The number of hydrogen-bond donors (Lipinski definition) is 1. The van der Waals surface area contributed by atoms with Crippen LogP contribution in [0, 0.1) is 0 Å². The van der Waals surface area contributed by atoms with Crippen molar-refractivity contribution >= 4 is 38.5 Å². The summed E-state index contributed by atoms with van der Waals surface area (Å²) >= 11 is 6.46. The molecule has 2 aromatic carbocycles. The van der Waals surface area contributed by atoms with Crippen LogP contribution in [0.3, 0.4) is 0 Å². The van der Waals surface area contributed by atoms with Gasteiger partial charge in [0, 0.05) is 13.1 Å². The van der Waals surface area contributed by atoms with Crippen LogP contribution in [0.1, 0.15) is 0 Å². The number of nitrogens with zero attached hydrogens (tertiary/aromatic N) is 4. The third-order valence-corrected chi connectivity index (χ3v) is 7.26. The molecule has 13 heteroatoms. The molecule has 2 heterocycles. The molecule has 4 rings (SSSR count). The van der Waals surface area contributed by atoms with Gasteiger partial charge in [0.1, 0.15) is 28.2 Å². The normalized spacial score (nSPS) is 11.4. The fourth-order valence-corrected chi connectivity index (χ4v) is 5.10. The van der Waals surface area contributed by atoms with Gasteiger partial charge >= 0.3 is 5.69 Å². The van der Waals surface area contributed by atoms with Gasteiger partial charge in [0.05, 0.1) is 37.7 Å². The predicted octanol–water partition coefficient (Wildman–Crippen LogP) is 2.61. The van der Waals surface area contributed by atoms with Crippen molar-refractivity contribution in [2.45, 2.75) is 4.90 Å². The summed E-state index contributed by atoms with van der Waals surface area (Å²) < 4.78 is 45.3. The third-order valence-electron chi connectivity index (χ3n) is 5.17. The maximum Gasteiger partial charge on any atom is 0.332 e. The Kier molecular flexibility index (Phi) is 6.11. The quantitative estimate of drug-likeness (QED) is 0.406. The van der Waals surface area contributed by atoms with Crippen LogP contribution in [0.5, 0.6) is 17.4 Å². The largest absolute Gasteiger partial charge is 0.495 e. The van der Waals surface area contributed by atoms with Gasteiger partial charge in [0.15, 0.2) is 5.65 Å². The number of halogens is 1. The number of nitrogens with one attached hydrogen (secondary N) is 1. The van der Waals surface area contributed by atoms with Gasteiger partial charge in [0.2, 0.25) is 5.88 Å². The minimum atomic E-state index is -4.19. The molecular formula is C21H20ClN5O6S. The molecule has 0 aliphatic carbocycles. The lowest BCUT2D eigenvalue weighted by atomic mass is 10.3. The minimum Gasteiger partial charge on any atom is -0.495 e. The topological polar surface area (TPSA) is 129 Å². The van der Waals surface area contributed by atoms with E-state index in [1.54, 1.807) is 24.3 Å². The smallest absolute Gasteiger partial charge is 0.332 e. The lowest BCUT2D eigenvalue weighted by molar-refractivity contribution is 0.401. The second-order valence-electron chi connectivity index (χ2n) is 6.95. The highest BCUT2D eigenvalue weighted by Crippen LogP contribution is 2.37. The van der Waals surface area contributed by atoms with Crippen LogP contribution < -0.4 is 24.2 Å². The van der Waals surface area contributed by atoms with Crippen LogP contribution >= 0.6 is 11.6 Å². The van der Waals surface area contributed by atoms with Gasteiger partial charge in [-0.3, -0.25) is 9.29 Å². The number of hydrogen-bond acceptors (Lipinski definition) is 8. The van der Waals surface area contributed by atoms with Crippen molar-refractivity contribution in [1.82, 2.24) is 19.5 Å². The molecule has 2 aromatic heterocycles. The zero-order valence-corrected chi connectivity index (χ0v) is 20.1. The van der Waals surface area contributed by atoms with Gasteiger partial charge < -0.3 is 14.2 Å². The predicted molar refractivity (Wildman–Crippen MR) is 126 cm³/mol. The van der Waals surface area contributed by atoms with E-state index >= 15 is 0 Å². The summed E-state index contributed by atoms with van der Waals surface area (Å²) in [6.07, 6.45) is 1.22. The lowest BCUT2D eigenvalue weighted by Crippen LogP contribution is -2.28. The number of imidazole rings is 1. The van der Waals surface area contributed by atoms with Crippen molar-refractivity contribution in [3.8, 4) is 23.1 Å². The third kappa shape index (κ3) is 3.70. The van der Waals surface area contributed by atoms with E-state index in [0.717, 1.165) is 8.87 Å². The molecule has 0 aliphatic heterocycles. The van der Waals surface area contributed by atoms with Gasteiger partial charge in [-0.15, -0.1) is 0 Å². The van der Waals surface area contributed by atoms with E-state index in [4.69, 9.17) is 25.8 Å². The summed E-state index contributed by atoms with van der Waals surface area (Å²) in [4.78, 5) is 23.3. The van der Waals surface area contributed by atoms with E-state index in [0.29, 0.717) is 11.4 Å². The monoisotopic (exact) mass is 505 g/mol. The van der Waals surface area contributed by atoms with E-state index in [-0.39, 0.29) is 38.4 Å². The lowest BCUT2D eigenvalue weighted by Gasteiger charge is -2.23. The van der Waals surface area contributed by atoms with E-state index < -0.39 is 15.7 Å². The standard InChI is InChI=1S/C21H20ClN5O6S/c1-26(13-7-5-6-8-15(13)31-2)34(29,30)17-10-14(12(22)9-16(17)32-3)27-19-18(25-21(27)28)20(33-4)24-11-23-19/h5-11H,1-4H3,(H,25,28). The Hall–Kier alpha value is -3.77. The first-order valence-electron chi connectivity index (χ1n) is 9.74. The summed E-state index contributed by atoms with van der Waals surface area (Å²) in [5.41, 5.74) is 0.168. The molecule has 0 bridgehead atoms. The average molecular weight is 506 g/mol. The number of para-hydroxylation sites is 2. The molecule has 0 aliphatic rings. The minimum absolute atomic E-state index is 0.00408. The summed E-state index contributed by atoms with van der Waals surface area (Å²) in [7, 11) is 1.36. The first kappa shape index (κ1) is 23.4. The van der Waals surface area contributed by atoms with E-state index in [9.17, 15) is 13.2 Å². The molecule has 0 saturated heterocycles. The second kappa shape index (κ2) is 8.88. The molecule has 178 valence electrons. The number of methoxy groups -OCH3 is 3.